The van der Waals surface area contributed by atoms with E-state index >= 15 is 4.39 Å². The Hall–Kier alpha value is -4.69. The van der Waals surface area contributed by atoms with Gasteiger partial charge < -0.3 is 10.0 Å². The average molecular weight is 570 g/mol. The van der Waals surface area contributed by atoms with Crippen LogP contribution in [0.1, 0.15) is 50.3 Å². The Bertz CT molecular complexity index is 1860. The van der Waals surface area contributed by atoms with Crippen molar-refractivity contribution in [3.8, 4) is 22.7 Å². The van der Waals surface area contributed by atoms with Crippen molar-refractivity contribution in [2.24, 2.45) is 5.41 Å². The summed E-state index contributed by atoms with van der Waals surface area (Å²) < 4.78 is 32.1. The number of nitrogens with zero attached hydrogens (tertiary/aromatic N) is 5. The van der Waals surface area contributed by atoms with E-state index in [1.165, 1.54) is 22.8 Å². The average Bonchev–Trinajstić information content (AvgIpc) is 3.35. The van der Waals surface area contributed by atoms with E-state index in [2.05, 4.69) is 20.9 Å². The number of aromatic hydroxyl groups is 1. The van der Waals surface area contributed by atoms with Gasteiger partial charge in [0.25, 0.3) is 0 Å². The number of aryl methyl sites for hydroxylation is 1. The van der Waals surface area contributed by atoms with Gasteiger partial charge >= 0.3 is 5.69 Å². The van der Waals surface area contributed by atoms with E-state index in [4.69, 9.17) is 0 Å². The lowest BCUT2D eigenvalue weighted by atomic mass is 9.74. The molecule has 0 radical (unpaired) electrons. The number of benzene rings is 1. The van der Waals surface area contributed by atoms with Crippen LogP contribution in [-0.2, 0) is 4.79 Å². The predicted octanol–water partition coefficient (Wildman–Crippen LogP) is 5.56. The molecule has 2 aliphatic rings. The van der Waals surface area contributed by atoms with Gasteiger partial charge in [-0.2, -0.15) is 4.98 Å². The van der Waals surface area contributed by atoms with Crippen LogP contribution < -0.4 is 10.6 Å². The molecule has 4 heterocycles. The van der Waals surface area contributed by atoms with Crippen molar-refractivity contribution in [1.82, 2.24) is 19.5 Å². The van der Waals surface area contributed by atoms with Crippen LogP contribution in [0.15, 0.2) is 59.0 Å². The molecule has 0 unspecified atom stereocenters. The van der Waals surface area contributed by atoms with Crippen LogP contribution in [0, 0.1) is 24.0 Å². The van der Waals surface area contributed by atoms with E-state index in [0.29, 0.717) is 42.9 Å². The van der Waals surface area contributed by atoms with E-state index in [-0.39, 0.29) is 28.2 Å². The first-order chi connectivity index (χ1) is 20.1. The molecule has 0 bridgehead atoms. The van der Waals surface area contributed by atoms with Gasteiger partial charge in [-0.25, -0.2) is 27.9 Å². The molecule has 6 rings (SSSR count). The summed E-state index contributed by atoms with van der Waals surface area (Å²) in [6.45, 7) is 6.66. The smallest absolute Gasteiger partial charge is 0.355 e. The highest BCUT2D eigenvalue weighted by molar-refractivity contribution is 5.91. The number of hydrogen-bond donors (Lipinski definition) is 1. The van der Waals surface area contributed by atoms with Crippen LogP contribution in [0.3, 0.4) is 0 Å². The van der Waals surface area contributed by atoms with Crippen molar-refractivity contribution in [3.63, 3.8) is 0 Å². The number of halogens is 2. The fourth-order valence-electron chi connectivity index (χ4n) is 6.21. The molecule has 1 fully saturated rings. The molecular formula is C32H29F2N5O3. The van der Waals surface area contributed by atoms with Crippen molar-refractivity contribution < 1.29 is 18.7 Å². The molecule has 214 valence electrons. The number of pyridine rings is 2. The summed E-state index contributed by atoms with van der Waals surface area (Å²) in [6.07, 6.45) is 7.46. The summed E-state index contributed by atoms with van der Waals surface area (Å²) in [7, 11) is 0. The zero-order valence-electron chi connectivity index (χ0n) is 23.5. The first-order valence-electron chi connectivity index (χ1n) is 13.9. The standard InChI is InChI=1S/C32H29F2N5O3/c1-18(2)26-28(19(3)9-13-35-26)39-30-21(16-23(34)27(36-30)25-22(33)7-4-8-24(25)41)29(37-31(39)42)38-14-11-32(12-15-38)10-5-6-20(32)17-40/h4-9,13,16,18,41H,10-12,14-15H2,1-3H3. The van der Waals surface area contributed by atoms with Crippen molar-refractivity contribution in [3.05, 3.63) is 87.6 Å². The molecule has 1 spiro atoms. The van der Waals surface area contributed by atoms with Gasteiger partial charge in [0, 0.05) is 30.3 Å². The van der Waals surface area contributed by atoms with Gasteiger partial charge in [0.2, 0.25) is 0 Å². The molecule has 0 saturated carbocycles. The van der Waals surface area contributed by atoms with Crippen LogP contribution >= 0.6 is 0 Å². The Morgan fingerprint density at radius 3 is 2.55 bits per heavy atom. The van der Waals surface area contributed by atoms with E-state index < -0.39 is 34.3 Å². The number of piperidine rings is 1. The minimum Gasteiger partial charge on any atom is -0.507 e. The minimum absolute atomic E-state index is 0.0679. The van der Waals surface area contributed by atoms with Gasteiger partial charge in [0.1, 0.15) is 29.0 Å². The minimum atomic E-state index is -0.872. The van der Waals surface area contributed by atoms with Gasteiger partial charge in [-0.15, -0.1) is 0 Å². The molecule has 1 aromatic carbocycles. The Labute approximate surface area is 240 Å². The molecule has 42 heavy (non-hydrogen) atoms. The number of allylic oxidation sites excluding steroid dienone is 3. The number of fused-ring (bicyclic) bond motifs is 1. The number of anilines is 1. The Balaban J connectivity index is 1.60. The lowest BCUT2D eigenvalue weighted by Crippen LogP contribution is -2.41. The Morgan fingerprint density at radius 1 is 1.10 bits per heavy atom. The van der Waals surface area contributed by atoms with Gasteiger partial charge in [-0.05, 0) is 61.9 Å². The van der Waals surface area contributed by atoms with E-state index in [9.17, 15) is 19.1 Å². The molecular weight excluding hydrogens is 540 g/mol. The molecule has 10 heteroatoms. The first-order valence-corrected chi connectivity index (χ1v) is 13.9. The van der Waals surface area contributed by atoms with E-state index in [0.717, 1.165) is 18.1 Å². The Morgan fingerprint density at radius 2 is 1.86 bits per heavy atom. The predicted molar refractivity (Wildman–Crippen MR) is 156 cm³/mol. The number of hydrogen-bond acceptors (Lipinski definition) is 7. The number of rotatable bonds is 4. The number of phenols is 1. The summed E-state index contributed by atoms with van der Waals surface area (Å²) >= 11 is 0. The van der Waals surface area contributed by atoms with Crippen LogP contribution in [-0.4, -0.2) is 43.7 Å². The van der Waals surface area contributed by atoms with Crippen molar-refractivity contribution in [1.29, 1.82) is 0 Å². The molecule has 3 aromatic heterocycles. The highest BCUT2D eigenvalue weighted by atomic mass is 19.1. The van der Waals surface area contributed by atoms with Gasteiger partial charge in [0.05, 0.1) is 22.3 Å². The summed E-state index contributed by atoms with van der Waals surface area (Å²) in [6, 6.07) is 6.63. The Kier molecular flexibility index (Phi) is 6.74. The lowest BCUT2D eigenvalue weighted by molar-refractivity contribution is 0.293. The zero-order valence-corrected chi connectivity index (χ0v) is 23.5. The molecule has 1 saturated heterocycles. The van der Waals surface area contributed by atoms with Crippen LogP contribution in [0.2, 0.25) is 0 Å². The maximum absolute atomic E-state index is 15.8. The van der Waals surface area contributed by atoms with Gasteiger partial charge in [-0.3, -0.25) is 4.98 Å². The van der Waals surface area contributed by atoms with Crippen molar-refractivity contribution >= 4 is 22.8 Å². The highest BCUT2D eigenvalue weighted by Gasteiger charge is 2.40. The van der Waals surface area contributed by atoms with Crippen LogP contribution in [0.4, 0.5) is 14.6 Å². The number of phenolic OH excluding ortho intramolecular Hbond substituents is 1. The second-order valence-corrected chi connectivity index (χ2v) is 11.3. The maximum Gasteiger partial charge on any atom is 0.355 e. The second kappa shape index (κ2) is 10.3. The molecule has 1 aliphatic heterocycles. The molecule has 1 N–H and O–H groups in total. The molecule has 1 aliphatic carbocycles. The fraction of sp³-hybridized carbons (Fsp3) is 0.312. The van der Waals surface area contributed by atoms with Crippen molar-refractivity contribution in [2.75, 3.05) is 18.0 Å². The van der Waals surface area contributed by atoms with E-state index in [1.807, 2.05) is 37.8 Å². The quantitative estimate of drug-likeness (QED) is 0.321. The largest absolute Gasteiger partial charge is 0.507 e. The van der Waals surface area contributed by atoms with Crippen LogP contribution in [0.25, 0.3) is 28.0 Å². The molecule has 8 nitrogen and oxygen atoms in total. The molecule has 0 amide bonds. The van der Waals surface area contributed by atoms with Gasteiger partial charge in [-0.1, -0.05) is 32.1 Å². The topological polar surface area (TPSA) is 101 Å². The van der Waals surface area contributed by atoms with Gasteiger partial charge in [0.15, 0.2) is 11.5 Å². The molecule has 0 atom stereocenters. The summed E-state index contributed by atoms with van der Waals surface area (Å²) in [5.41, 5.74) is 0.764. The third-order valence-corrected chi connectivity index (χ3v) is 8.45. The summed E-state index contributed by atoms with van der Waals surface area (Å²) in [5.74, 6) is 0.0587. The monoisotopic (exact) mass is 569 g/mol. The van der Waals surface area contributed by atoms with Crippen molar-refractivity contribution in [2.45, 2.75) is 46.0 Å². The maximum atomic E-state index is 15.8. The highest BCUT2D eigenvalue weighted by Crippen LogP contribution is 2.46. The third kappa shape index (κ3) is 4.30. The fourth-order valence-corrected chi connectivity index (χ4v) is 6.21. The summed E-state index contributed by atoms with van der Waals surface area (Å²) in [4.78, 5) is 40.9. The first kappa shape index (κ1) is 27.5. The van der Waals surface area contributed by atoms with Crippen LogP contribution in [0.5, 0.6) is 5.75 Å². The normalized spacial score (nSPS) is 16.1. The lowest BCUT2D eigenvalue weighted by Gasteiger charge is -2.40. The second-order valence-electron chi connectivity index (χ2n) is 11.3. The van der Waals surface area contributed by atoms with E-state index in [1.54, 1.807) is 12.3 Å². The summed E-state index contributed by atoms with van der Waals surface area (Å²) in [5, 5.41) is 10.7. The molecule has 4 aromatic rings. The number of aromatic nitrogens is 4. The third-order valence-electron chi connectivity index (χ3n) is 8.45. The zero-order chi connectivity index (χ0) is 29.8. The SMILES string of the molecule is Cc1ccnc(C(C)C)c1-n1c(=O)nc(N2CCC3(CC=CC3=C=O)CC2)c2cc(F)c(-c3c(O)cccc3F)nc21. The number of carbonyl (C=O) groups excluding carboxylic acids is 1.